The highest BCUT2D eigenvalue weighted by Crippen LogP contribution is 2.08. The summed E-state index contributed by atoms with van der Waals surface area (Å²) in [4.78, 5) is 13.5. The number of hydrogen-bond donors (Lipinski definition) is 0. The van der Waals surface area contributed by atoms with E-state index in [-0.39, 0.29) is 0 Å². The first-order valence-corrected chi connectivity index (χ1v) is 4.05. The molecular weight excluding hydrogens is 190 g/mol. The van der Waals surface area contributed by atoms with E-state index in [9.17, 15) is 4.79 Å². The lowest BCUT2D eigenvalue weighted by Gasteiger charge is -1.97. The number of nitrogens with zero attached hydrogens (tertiary/aromatic N) is 3. The number of carbonyl (C=O) groups excluding carboxylic acids is 1. The van der Waals surface area contributed by atoms with Crippen molar-refractivity contribution in [3.63, 3.8) is 0 Å². The lowest BCUT2D eigenvalue weighted by atomic mass is 10.1. The van der Waals surface area contributed by atoms with Gasteiger partial charge in [0.25, 0.3) is 0 Å². The van der Waals surface area contributed by atoms with Gasteiger partial charge in [0.1, 0.15) is 0 Å². The molecule has 1 rings (SSSR count). The summed E-state index contributed by atoms with van der Waals surface area (Å²) in [6.07, 6.45) is 0. The first-order chi connectivity index (χ1) is 6.27. The Labute approximate surface area is 79.8 Å². The Morgan fingerprint density at radius 3 is 3.00 bits per heavy atom. The van der Waals surface area contributed by atoms with Gasteiger partial charge in [-0.25, -0.2) is 0 Å². The largest absolute Gasteiger partial charge is 0.287 e. The minimum absolute atomic E-state index is 0.331. The molecule has 0 aliphatic carbocycles. The summed E-state index contributed by atoms with van der Waals surface area (Å²) in [7, 11) is 0. The summed E-state index contributed by atoms with van der Waals surface area (Å²) in [5.41, 5.74) is 9.21. The van der Waals surface area contributed by atoms with Crippen molar-refractivity contribution in [1.29, 1.82) is 0 Å². The summed E-state index contributed by atoms with van der Waals surface area (Å²) < 4.78 is 0. The number of benzene rings is 1. The van der Waals surface area contributed by atoms with E-state index in [2.05, 4.69) is 10.0 Å². The summed E-state index contributed by atoms with van der Waals surface area (Å²) >= 11 is 5.57. The maximum atomic E-state index is 11.0. The molecule has 0 radical (unpaired) electrons. The van der Waals surface area contributed by atoms with E-state index in [0.717, 1.165) is 5.56 Å². The van der Waals surface area contributed by atoms with Crippen molar-refractivity contribution < 1.29 is 4.79 Å². The fourth-order valence-corrected chi connectivity index (χ4v) is 1.05. The summed E-state index contributed by atoms with van der Waals surface area (Å²) in [6.45, 7) is 0. The summed E-state index contributed by atoms with van der Waals surface area (Å²) in [5, 5.41) is 2.97. The van der Waals surface area contributed by atoms with Crippen molar-refractivity contribution >= 4 is 17.5 Å². The van der Waals surface area contributed by atoms with E-state index in [4.69, 9.17) is 17.1 Å². The Morgan fingerprint density at radius 1 is 1.62 bits per heavy atom. The van der Waals surface area contributed by atoms with Gasteiger partial charge in [-0.15, -0.1) is 11.6 Å². The van der Waals surface area contributed by atoms with Crippen LogP contribution in [0.3, 0.4) is 0 Å². The maximum Gasteiger partial charge on any atom is 0.249 e. The Hall–Kier alpha value is -1.51. The molecule has 0 aromatic heterocycles. The van der Waals surface area contributed by atoms with Gasteiger partial charge in [0.15, 0.2) is 0 Å². The van der Waals surface area contributed by atoms with Crippen LogP contribution in [0.2, 0.25) is 0 Å². The van der Waals surface area contributed by atoms with E-state index in [0.29, 0.717) is 11.4 Å². The second kappa shape index (κ2) is 4.50. The third-order valence-electron chi connectivity index (χ3n) is 1.46. The lowest BCUT2D eigenvalue weighted by Crippen LogP contribution is -1.93. The van der Waals surface area contributed by atoms with Crippen LogP contribution in [0.1, 0.15) is 15.9 Å². The first-order valence-electron chi connectivity index (χ1n) is 3.52. The molecule has 0 saturated carbocycles. The van der Waals surface area contributed by atoms with Gasteiger partial charge in [-0.3, -0.25) is 4.79 Å². The number of carbonyl (C=O) groups is 1. The number of alkyl halides is 1. The number of amides is 1. The molecule has 13 heavy (non-hydrogen) atoms. The molecule has 0 unspecified atom stereocenters. The van der Waals surface area contributed by atoms with Crippen molar-refractivity contribution in [3.8, 4) is 0 Å². The van der Waals surface area contributed by atoms with Crippen LogP contribution in [-0.2, 0) is 5.88 Å². The molecule has 5 heteroatoms. The zero-order valence-corrected chi connectivity index (χ0v) is 7.40. The highest BCUT2D eigenvalue weighted by Gasteiger charge is 2.02. The van der Waals surface area contributed by atoms with Gasteiger partial charge < -0.3 is 0 Å². The molecule has 0 aliphatic rings. The average Bonchev–Trinajstić information content (AvgIpc) is 2.18. The van der Waals surface area contributed by atoms with Crippen LogP contribution >= 0.6 is 11.6 Å². The second-order valence-electron chi connectivity index (χ2n) is 2.33. The average molecular weight is 196 g/mol. The van der Waals surface area contributed by atoms with Crippen LogP contribution in [0.15, 0.2) is 29.4 Å². The lowest BCUT2D eigenvalue weighted by molar-refractivity contribution is 0.100. The molecule has 0 atom stereocenters. The Balaban J connectivity index is 3.01. The SMILES string of the molecule is [N-]=[N+]=NC(=O)c1cccc(CCl)c1. The molecule has 0 saturated heterocycles. The minimum atomic E-state index is -0.588. The Morgan fingerprint density at radius 2 is 2.38 bits per heavy atom. The predicted octanol–water partition coefficient (Wildman–Crippen LogP) is 2.88. The standard InChI is InChI=1S/C8H6ClN3O/c9-5-6-2-1-3-7(4-6)8(13)11-12-10/h1-4H,5H2. The van der Waals surface area contributed by atoms with Crippen LogP contribution in [-0.4, -0.2) is 5.91 Å². The third kappa shape index (κ3) is 2.47. The van der Waals surface area contributed by atoms with Gasteiger partial charge in [-0.2, -0.15) is 0 Å². The first kappa shape index (κ1) is 9.58. The number of rotatable bonds is 2. The Bertz CT molecular complexity index is 371. The van der Waals surface area contributed by atoms with Gasteiger partial charge in [0, 0.05) is 16.4 Å². The summed E-state index contributed by atoms with van der Waals surface area (Å²) in [6, 6.07) is 6.66. The molecule has 1 aromatic rings. The predicted molar refractivity (Wildman–Crippen MR) is 49.5 cm³/mol. The van der Waals surface area contributed by atoms with E-state index in [1.165, 1.54) is 0 Å². The number of azide groups is 1. The molecule has 0 fully saturated rings. The van der Waals surface area contributed by atoms with Gasteiger partial charge >= 0.3 is 0 Å². The molecule has 0 heterocycles. The van der Waals surface area contributed by atoms with Gasteiger partial charge in [-0.05, 0) is 22.3 Å². The van der Waals surface area contributed by atoms with Crippen LogP contribution in [0, 0.1) is 0 Å². The normalized spacial score (nSPS) is 9.00. The molecule has 0 aliphatic heterocycles. The molecule has 0 bridgehead atoms. The highest BCUT2D eigenvalue weighted by atomic mass is 35.5. The second-order valence-corrected chi connectivity index (χ2v) is 2.60. The molecule has 1 aromatic carbocycles. The quantitative estimate of drug-likeness (QED) is 0.310. The smallest absolute Gasteiger partial charge is 0.249 e. The van der Waals surface area contributed by atoms with Crippen molar-refractivity contribution in [1.82, 2.24) is 0 Å². The third-order valence-corrected chi connectivity index (χ3v) is 1.77. The minimum Gasteiger partial charge on any atom is -0.287 e. The maximum absolute atomic E-state index is 11.0. The number of hydrogen-bond acceptors (Lipinski definition) is 1. The molecule has 66 valence electrons. The van der Waals surface area contributed by atoms with E-state index < -0.39 is 5.91 Å². The fourth-order valence-electron chi connectivity index (χ4n) is 0.886. The fraction of sp³-hybridized carbons (Fsp3) is 0.125. The monoisotopic (exact) mass is 195 g/mol. The zero-order chi connectivity index (χ0) is 9.68. The summed E-state index contributed by atoms with van der Waals surface area (Å²) in [5.74, 6) is -0.258. The van der Waals surface area contributed by atoms with E-state index in [1.54, 1.807) is 24.3 Å². The van der Waals surface area contributed by atoms with Gasteiger partial charge in [-0.1, -0.05) is 18.2 Å². The van der Waals surface area contributed by atoms with Crippen LogP contribution < -0.4 is 0 Å². The topological polar surface area (TPSA) is 65.8 Å². The van der Waals surface area contributed by atoms with Crippen molar-refractivity contribution in [2.45, 2.75) is 5.88 Å². The van der Waals surface area contributed by atoms with Crippen LogP contribution in [0.4, 0.5) is 0 Å². The van der Waals surface area contributed by atoms with Gasteiger partial charge in [0.05, 0.1) is 0 Å². The number of halogens is 1. The van der Waals surface area contributed by atoms with Crippen molar-refractivity contribution in [2.24, 2.45) is 5.11 Å². The molecule has 0 spiro atoms. The zero-order valence-electron chi connectivity index (χ0n) is 6.64. The molecular formula is C8H6ClN3O. The van der Waals surface area contributed by atoms with Gasteiger partial charge in [0.2, 0.25) is 5.91 Å². The highest BCUT2D eigenvalue weighted by molar-refractivity contribution is 6.17. The van der Waals surface area contributed by atoms with Crippen LogP contribution in [0.25, 0.3) is 10.4 Å². The molecule has 0 N–H and O–H groups in total. The Kier molecular flexibility index (Phi) is 3.31. The van der Waals surface area contributed by atoms with Crippen LogP contribution in [0.5, 0.6) is 0 Å². The van der Waals surface area contributed by atoms with Crippen molar-refractivity contribution in [2.75, 3.05) is 0 Å². The molecule has 1 amide bonds. The molecule has 4 nitrogen and oxygen atoms in total. The van der Waals surface area contributed by atoms with Crippen molar-refractivity contribution in [3.05, 3.63) is 45.8 Å². The van der Waals surface area contributed by atoms with E-state index in [1.807, 2.05) is 0 Å². The van der Waals surface area contributed by atoms with E-state index >= 15 is 0 Å².